The summed E-state index contributed by atoms with van der Waals surface area (Å²) in [6.45, 7) is 1.29. The van der Waals surface area contributed by atoms with E-state index in [-0.39, 0.29) is 17.3 Å². The summed E-state index contributed by atoms with van der Waals surface area (Å²) in [4.78, 5) is 27.6. The number of methoxy groups -OCH3 is 1. The van der Waals surface area contributed by atoms with Gasteiger partial charge in [-0.3, -0.25) is 4.79 Å². The molecule has 1 aliphatic heterocycles. The molecule has 2 aromatic carbocycles. The SMILES string of the molecule is COc1cc(C=C2N=C(c3ccc(Cl)cc3)OC2=O)cc(Br)c1OC(C)=O. The molecule has 0 aromatic heterocycles. The number of halogens is 2. The van der Waals surface area contributed by atoms with Crippen molar-refractivity contribution < 1.29 is 23.8 Å². The molecule has 0 saturated carbocycles. The van der Waals surface area contributed by atoms with Gasteiger partial charge in [-0.05, 0) is 64.0 Å². The second-order valence-electron chi connectivity index (χ2n) is 5.47. The highest BCUT2D eigenvalue weighted by Crippen LogP contribution is 2.37. The van der Waals surface area contributed by atoms with Crippen LogP contribution in [-0.4, -0.2) is 24.9 Å². The molecule has 8 heteroatoms. The Morgan fingerprint density at radius 3 is 2.59 bits per heavy atom. The van der Waals surface area contributed by atoms with Crippen LogP contribution in [0, 0.1) is 0 Å². The second-order valence-corrected chi connectivity index (χ2v) is 6.76. The van der Waals surface area contributed by atoms with Crippen molar-refractivity contribution in [2.24, 2.45) is 4.99 Å². The number of esters is 2. The van der Waals surface area contributed by atoms with Crippen molar-refractivity contribution in [2.45, 2.75) is 6.92 Å². The summed E-state index contributed by atoms with van der Waals surface area (Å²) in [5.41, 5.74) is 1.39. The Bertz CT molecular complexity index is 982. The molecule has 1 heterocycles. The van der Waals surface area contributed by atoms with Gasteiger partial charge >= 0.3 is 11.9 Å². The van der Waals surface area contributed by atoms with E-state index in [9.17, 15) is 9.59 Å². The van der Waals surface area contributed by atoms with E-state index in [0.29, 0.717) is 26.4 Å². The van der Waals surface area contributed by atoms with Gasteiger partial charge < -0.3 is 14.2 Å². The van der Waals surface area contributed by atoms with Gasteiger partial charge in [-0.1, -0.05) is 11.6 Å². The predicted molar refractivity (Wildman–Crippen MR) is 104 cm³/mol. The number of carbonyl (C=O) groups excluding carboxylic acids is 2. The summed E-state index contributed by atoms with van der Waals surface area (Å²) in [5, 5.41) is 0.573. The Labute approximate surface area is 168 Å². The summed E-state index contributed by atoms with van der Waals surface area (Å²) in [7, 11) is 1.45. The van der Waals surface area contributed by atoms with Crippen molar-refractivity contribution in [3.05, 3.63) is 62.7 Å². The number of carbonyl (C=O) groups is 2. The quantitative estimate of drug-likeness (QED) is 0.393. The summed E-state index contributed by atoms with van der Waals surface area (Å²) < 4.78 is 16.1. The van der Waals surface area contributed by atoms with Crippen LogP contribution in [0.2, 0.25) is 5.02 Å². The first-order valence-electron chi connectivity index (χ1n) is 7.72. The summed E-state index contributed by atoms with van der Waals surface area (Å²) in [6.07, 6.45) is 1.55. The van der Waals surface area contributed by atoms with Gasteiger partial charge in [0.15, 0.2) is 17.2 Å². The third kappa shape index (κ3) is 4.37. The average molecular weight is 451 g/mol. The van der Waals surface area contributed by atoms with Gasteiger partial charge in [0, 0.05) is 17.5 Å². The summed E-state index contributed by atoms with van der Waals surface area (Å²) in [6, 6.07) is 10.1. The molecule has 0 bridgehead atoms. The van der Waals surface area contributed by atoms with Gasteiger partial charge in [0.05, 0.1) is 11.6 Å². The van der Waals surface area contributed by atoms with Crippen LogP contribution in [0.3, 0.4) is 0 Å². The maximum atomic E-state index is 12.1. The molecule has 0 radical (unpaired) electrons. The van der Waals surface area contributed by atoms with Gasteiger partial charge in [-0.25, -0.2) is 9.79 Å². The Hall–Kier alpha value is -2.64. The first kappa shape index (κ1) is 19.1. The van der Waals surface area contributed by atoms with Gasteiger partial charge in [-0.15, -0.1) is 0 Å². The minimum absolute atomic E-state index is 0.133. The summed E-state index contributed by atoms with van der Waals surface area (Å²) in [5.74, 6) is -0.257. The molecule has 0 amide bonds. The number of hydrogen-bond donors (Lipinski definition) is 0. The standard InChI is InChI=1S/C19H13BrClNO5/c1-10(23)26-17-14(20)7-11(9-16(17)25-2)8-15-19(24)27-18(22-15)12-3-5-13(21)6-4-12/h3-9H,1-2H3. The number of aliphatic imine (C=N–C) groups is 1. The van der Waals surface area contributed by atoms with Crippen molar-refractivity contribution >= 4 is 51.4 Å². The van der Waals surface area contributed by atoms with Crippen molar-refractivity contribution in [1.82, 2.24) is 0 Å². The highest BCUT2D eigenvalue weighted by Gasteiger charge is 2.24. The van der Waals surface area contributed by atoms with Crippen LogP contribution in [0.15, 0.2) is 51.6 Å². The zero-order valence-corrected chi connectivity index (χ0v) is 16.6. The molecule has 138 valence electrons. The van der Waals surface area contributed by atoms with E-state index >= 15 is 0 Å². The smallest absolute Gasteiger partial charge is 0.363 e. The van der Waals surface area contributed by atoms with E-state index < -0.39 is 11.9 Å². The van der Waals surface area contributed by atoms with Gasteiger partial charge in [0.2, 0.25) is 5.90 Å². The fourth-order valence-electron chi connectivity index (χ4n) is 2.35. The number of hydrogen-bond acceptors (Lipinski definition) is 6. The first-order chi connectivity index (χ1) is 12.9. The molecule has 27 heavy (non-hydrogen) atoms. The van der Waals surface area contributed by atoms with E-state index in [4.69, 9.17) is 25.8 Å². The molecule has 3 rings (SSSR count). The van der Waals surface area contributed by atoms with Gasteiger partial charge in [0.1, 0.15) is 0 Å². The molecule has 0 saturated heterocycles. The Kier molecular flexibility index (Phi) is 5.62. The van der Waals surface area contributed by atoms with Crippen LogP contribution in [0.4, 0.5) is 0 Å². The molecular weight excluding hydrogens is 438 g/mol. The average Bonchev–Trinajstić information content (AvgIpc) is 2.98. The maximum absolute atomic E-state index is 12.1. The highest BCUT2D eigenvalue weighted by molar-refractivity contribution is 9.10. The molecule has 0 fully saturated rings. The minimum Gasteiger partial charge on any atom is -0.493 e. The predicted octanol–water partition coefficient (Wildman–Crippen LogP) is 4.38. The van der Waals surface area contributed by atoms with Crippen molar-refractivity contribution in [2.75, 3.05) is 7.11 Å². The van der Waals surface area contributed by atoms with Gasteiger partial charge in [-0.2, -0.15) is 0 Å². The Morgan fingerprint density at radius 2 is 1.96 bits per heavy atom. The molecule has 0 unspecified atom stereocenters. The Morgan fingerprint density at radius 1 is 1.26 bits per heavy atom. The maximum Gasteiger partial charge on any atom is 0.363 e. The molecule has 0 spiro atoms. The van der Waals surface area contributed by atoms with Crippen LogP contribution >= 0.6 is 27.5 Å². The second kappa shape index (κ2) is 7.94. The molecular formula is C19H13BrClNO5. The van der Waals surface area contributed by atoms with E-state index in [1.807, 2.05) is 0 Å². The van der Waals surface area contributed by atoms with Crippen molar-refractivity contribution in [1.29, 1.82) is 0 Å². The number of ether oxygens (including phenoxy) is 3. The van der Waals surface area contributed by atoms with Crippen molar-refractivity contribution in [3.8, 4) is 11.5 Å². The van der Waals surface area contributed by atoms with Crippen LogP contribution < -0.4 is 9.47 Å². The zero-order valence-electron chi connectivity index (χ0n) is 14.3. The molecule has 1 aliphatic rings. The molecule has 0 atom stereocenters. The molecule has 0 N–H and O–H groups in total. The number of cyclic esters (lactones) is 1. The highest BCUT2D eigenvalue weighted by atomic mass is 79.9. The fourth-order valence-corrected chi connectivity index (χ4v) is 3.02. The lowest BCUT2D eigenvalue weighted by atomic mass is 10.1. The van der Waals surface area contributed by atoms with Gasteiger partial charge in [0.25, 0.3) is 0 Å². The molecule has 6 nitrogen and oxygen atoms in total. The van der Waals surface area contributed by atoms with E-state index in [0.717, 1.165) is 0 Å². The van der Waals surface area contributed by atoms with Crippen LogP contribution in [-0.2, 0) is 14.3 Å². The summed E-state index contributed by atoms with van der Waals surface area (Å²) >= 11 is 9.20. The number of nitrogens with zero attached hydrogens (tertiary/aromatic N) is 1. The lowest BCUT2D eigenvalue weighted by molar-refractivity contribution is -0.132. The van der Waals surface area contributed by atoms with Crippen LogP contribution in [0.25, 0.3) is 6.08 Å². The number of rotatable bonds is 4. The Balaban J connectivity index is 1.96. The fraction of sp³-hybridized carbons (Fsp3) is 0.105. The monoisotopic (exact) mass is 449 g/mol. The zero-order chi connectivity index (χ0) is 19.6. The van der Waals surface area contributed by atoms with Crippen molar-refractivity contribution in [3.63, 3.8) is 0 Å². The van der Waals surface area contributed by atoms with Crippen LogP contribution in [0.1, 0.15) is 18.1 Å². The lowest BCUT2D eigenvalue weighted by Crippen LogP contribution is -2.05. The van der Waals surface area contributed by atoms with E-state index in [1.165, 1.54) is 14.0 Å². The normalized spacial score (nSPS) is 14.7. The topological polar surface area (TPSA) is 74.2 Å². The van der Waals surface area contributed by atoms with E-state index in [2.05, 4.69) is 20.9 Å². The third-order valence-corrected chi connectivity index (χ3v) is 4.35. The molecule has 2 aromatic rings. The largest absolute Gasteiger partial charge is 0.493 e. The first-order valence-corrected chi connectivity index (χ1v) is 8.89. The van der Waals surface area contributed by atoms with E-state index in [1.54, 1.807) is 42.5 Å². The number of benzene rings is 2. The van der Waals surface area contributed by atoms with Crippen LogP contribution in [0.5, 0.6) is 11.5 Å². The lowest BCUT2D eigenvalue weighted by Gasteiger charge is -2.11. The molecule has 0 aliphatic carbocycles. The third-order valence-electron chi connectivity index (χ3n) is 3.51. The minimum atomic E-state index is -0.570.